The van der Waals surface area contributed by atoms with E-state index < -0.39 is 0 Å². The molecule has 4 fully saturated rings. The Kier molecular flexibility index (Phi) is 13.0. The zero-order valence-corrected chi connectivity index (χ0v) is 26.7. The SMILES string of the molecule is CN(C)C1CCN(C2CCC(CC(=O)OC(C)(C)C)CC2)CC1.CN(C)C1CCN(C2CCC(N)CC2)CC1. The van der Waals surface area contributed by atoms with Crippen LogP contribution in [0.4, 0.5) is 0 Å². The summed E-state index contributed by atoms with van der Waals surface area (Å²) in [6, 6.07) is 3.63. The average molecular weight is 550 g/mol. The summed E-state index contributed by atoms with van der Waals surface area (Å²) < 4.78 is 5.46. The van der Waals surface area contributed by atoms with Crippen LogP contribution >= 0.6 is 0 Å². The molecule has 0 atom stereocenters. The molecule has 2 N–H and O–H groups in total. The number of carbonyl (C=O) groups is 1. The lowest BCUT2D eigenvalue weighted by Crippen LogP contribution is -2.48. The Morgan fingerprint density at radius 1 is 0.692 bits per heavy atom. The van der Waals surface area contributed by atoms with Crippen LogP contribution in [0.15, 0.2) is 0 Å². The van der Waals surface area contributed by atoms with Gasteiger partial charge in [-0.3, -0.25) is 4.79 Å². The van der Waals surface area contributed by atoms with Crippen molar-refractivity contribution in [3.05, 3.63) is 0 Å². The zero-order chi connectivity index (χ0) is 28.6. The molecule has 7 heteroatoms. The molecule has 39 heavy (non-hydrogen) atoms. The summed E-state index contributed by atoms with van der Waals surface area (Å²) in [5.41, 5.74) is 5.61. The Bertz CT molecular complexity index is 692. The number of ether oxygens (including phenoxy) is 1. The standard InChI is InChI=1S/C19H36N2O2.C13H27N3/c1-19(2,3)23-18(22)14-15-6-8-17(9-7-15)21-12-10-16(11-13-21)20(4)5;1-15(2)12-7-9-16(10-8-12)13-5-3-11(14)4-6-13/h15-17H,6-14H2,1-5H3;11-13H,3-10,14H2,1-2H3. The number of hydrogen-bond donors (Lipinski definition) is 1. The minimum atomic E-state index is -0.356. The quantitative estimate of drug-likeness (QED) is 0.486. The molecule has 7 nitrogen and oxygen atoms in total. The van der Waals surface area contributed by atoms with Gasteiger partial charge in [0.1, 0.15) is 5.60 Å². The molecule has 2 heterocycles. The van der Waals surface area contributed by atoms with Gasteiger partial charge in [-0.2, -0.15) is 0 Å². The third kappa shape index (κ3) is 11.2. The molecular formula is C32H63N5O2. The molecule has 0 aromatic rings. The lowest BCUT2D eigenvalue weighted by Gasteiger charge is -2.42. The van der Waals surface area contributed by atoms with E-state index in [0.29, 0.717) is 18.4 Å². The predicted molar refractivity (Wildman–Crippen MR) is 163 cm³/mol. The molecule has 4 rings (SSSR count). The van der Waals surface area contributed by atoms with Crippen molar-refractivity contribution < 1.29 is 9.53 Å². The van der Waals surface area contributed by atoms with E-state index >= 15 is 0 Å². The smallest absolute Gasteiger partial charge is 0.306 e. The lowest BCUT2D eigenvalue weighted by atomic mass is 9.83. The van der Waals surface area contributed by atoms with Crippen molar-refractivity contribution in [2.24, 2.45) is 11.7 Å². The summed E-state index contributed by atoms with van der Waals surface area (Å²) in [7, 11) is 8.81. The fourth-order valence-electron chi connectivity index (χ4n) is 7.33. The Hall–Kier alpha value is -0.730. The molecule has 4 aliphatic rings. The molecule has 0 aromatic carbocycles. The topological polar surface area (TPSA) is 65.3 Å². The summed E-state index contributed by atoms with van der Waals surface area (Å²) in [4.78, 5) is 22.1. The highest BCUT2D eigenvalue weighted by atomic mass is 16.6. The maximum absolute atomic E-state index is 12.0. The lowest BCUT2D eigenvalue weighted by molar-refractivity contribution is -0.156. The molecular weight excluding hydrogens is 486 g/mol. The van der Waals surface area contributed by atoms with Gasteiger partial charge < -0.3 is 30.1 Å². The van der Waals surface area contributed by atoms with E-state index in [1.807, 2.05) is 20.8 Å². The van der Waals surface area contributed by atoms with Crippen LogP contribution in [0.1, 0.15) is 104 Å². The van der Waals surface area contributed by atoms with Crippen LogP contribution in [-0.4, -0.2) is 116 Å². The van der Waals surface area contributed by atoms with Gasteiger partial charge in [0.2, 0.25) is 0 Å². The van der Waals surface area contributed by atoms with Gasteiger partial charge in [0, 0.05) is 36.6 Å². The number of nitrogens with zero attached hydrogens (tertiary/aromatic N) is 4. The zero-order valence-electron chi connectivity index (χ0n) is 26.7. The van der Waals surface area contributed by atoms with Crippen molar-refractivity contribution in [1.82, 2.24) is 19.6 Å². The van der Waals surface area contributed by atoms with E-state index in [1.54, 1.807) is 0 Å². The third-order valence-corrected chi connectivity index (χ3v) is 9.92. The van der Waals surface area contributed by atoms with Gasteiger partial charge in [-0.25, -0.2) is 0 Å². The molecule has 0 bridgehead atoms. The van der Waals surface area contributed by atoms with Crippen molar-refractivity contribution in [2.45, 2.75) is 140 Å². The molecule has 0 aromatic heterocycles. The summed E-state index contributed by atoms with van der Waals surface area (Å²) in [6.07, 6.45) is 15.9. The number of hydrogen-bond acceptors (Lipinski definition) is 7. The van der Waals surface area contributed by atoms with Crippen LogP contribution < -0.4 is 5.73 Å². The normalized spacial score (nSPS) is 30.7. The summed E-state index contributed by atoms with van der Waals surface area (Å²) in [6.45, 7) is 10.9. The third-order valence-electron chi connectivity index (χ3n) is 9.92. The maximum atomic E-state index is 12.0. The van der Waals surface area contributed by atoms with Crippen molar-refractivity contribution in [3.8, 4) is 0 Å². The Labute approximate surface area is 241 Å². The molecule has 2 aliphatic heterocycles. The minimum Gasteiger partial charge on any atom is -0.460 e. The highest BCUT2D eigenvalue weighted by Crippen LogP contribution is 2.32. The van der Waals surface area contributed by atoms with Crippen molar-refractivity contribution in [3.63, 3.8) is 0 Å². The Balaban J connectivity index is 0.000000230. The van der Waals surface area contributed by atoms with E-state index in [-0.39, 0.29) is 11.6 Å². The van der Waals surface area contributed by atoms with Crippen LogP contribution in [-0.2, 0) is 9.53 Å². The first-order valence-corrected chi connectivity index (χ1v) is 16.2. The summed E-state index contributed by atoms with van der Waals surface area (Å²) >= 11 is 0. The van der Waals surface area contributed by atoms with Crippen LogP contribution in [0.2, 0.25) is 0 Å². The first-order valence-electron chi connectivity index (χ1n) is 16.2. The highest BCUT2D eigenvalue weighted by Gasteiger charge is 2.31. The number of rotatable bonds is 6. The van der Waals surface area contributed by atoms with Crippen molar-refractivity contribution >= 4 is 5.97 Å². The van der Waals surface area contributed by atoms with Crippen molar-refractivity contribution in [2.75, 3.05) is 54.4 Å². The second-order valence-corrected chi connectivity index (χ2v) is 14.5. The average Bonchev–Trinajstić information content (AvgIpc) is 2.89. The molecule has 0 unspecified atom stereocenters. The number of esters is 1. The van der Waals surface area contributed by atoms with Crippen molar-refractivity contribution in [1.29, 1.82) is 0 Å². The van der Waals surface area contributed by atoms with Gasteiger partial charge in [-0.15, -0.1) is 0 Å². The molecule has 2 saturated carbocycles. The van der Waals surface area contributed by atoms with Gasteiger partial charge in [0.05, 0.1) is 0 Å². The fourth-order valence-corrected chi connectivity index (χ4v) is 7.33. The molecule has 228 valence electrons. The van der Waals surface area contributed by atoms with E-state index in [9.17, 15) is 4.79 Å². The van der Waals surface area contributed by atoms with E-state index in [4.69, 9.17) is 10.5 Å². The monoisotopic (exact) mass is 549 g/mol. The van der Waals surface area contributed by atoms with Gasteiger partial charge in [0.25, 0.3) is 0 Å². The minimum absolute atomic E-state index is 0.0206. The molecule has 0 spiro atoms. The van der Waals surface area contributed by atoms with Crippen LogP contribution in [0.5, 0.6) is 0 Å². The summed E-state index contributed by atoms with van der Waals surface area (Å²) in [5, 5.41) is 0. The number of nitrogens with two attached hydrogens (primary N) is 1. The van der Waals surface area contributed by atoms with Gasteiger partial charge in [0.15, 0.2) is 0 Å². The molecule has 2 aliphatic carbocycles. The molecule has 0 radical (unpaired) electrons. The van der Waals surface area contributed by atoms with Crippen LogP contribution in [0, 0.1) is 5.92 Å². The van der Waals surface area contributed by atoms with E-state index in [2.05, 4.69) is 47.8 Å². The second kappa shape index (κ2) is 15.5. The number of carbonyl (C=O) groups excluding carboxylic acids is 1. The first-order chi connectivity index (χ1) is 18.4. The predicted octanol–water partition coefficient (Wildman–Crippen LogP) is 4.59. The summed E-state index contributed by atoms with van der Waals surface area (Å²) in [5.74, 6) is 0.508. The van der Waals surface area contributed by atoms with E-state index in [0.717, 1.165) is 24.2 Å². The van der Waals surface area contributed by atoms with Gasteiger partial charge in [-0.05, 0) is 158 Å². The maximum Gasteiger partial charge on any atom is 0.306 e. The van der Waals surface area contributed by atoms with E-state index in [1.165, 1.54) is 103 Å². The number of likely N-dealkylation sites (tertiary alicyclic amines) is 2. The molecule has 0 amide bonds. The second-order valence-electron chi connectivity index (χ2n) is 14.5. The highest BCUT2D eigenvalue weighted by molar-refractivity contribution is 5.70. The Morgan fingerprint density at radius 3 is 1.44 bits per heavy atom. The largest absolute Gasteiger partial charge is 0.460 e. The van der Waals surface area contributed by atoms with Gasteiger partial charge in [-0.1, -0.05) is 0 Å². The number of piperidine rings is 2. The fraction of sp³-hybridized carbons (Fsp3) is 0.969. The molecule has 2 saturated heterocycles. The van der Waals surface area contributed by atoms with Crippen LogP contribution in [0.3, 0.4) is 0 Å². The van der Waals surface area contributed by atoms with Crippen LogP contribution in [0.25, 0.3) is 0 Å². The van der Waals surface area contributed by atoms with Gasteiger partial charge >= 0.3 is 5.97 Å². The first kappa shape index (κ1) is 32.8. The Morgan fingerprint density at radius 2 is 1.08 bits per heavy atom.